The first-order chi connectivity index (χ1) is 12.0. The largest absolute Gasteiger partial charge is 0.322 e. The second kappa shape index (κ2) is 6.52. The smallest absolute Gasteiger partial charge is 0.271 e. The zero-order chi connectivity index (χ0) is 18.0. The molecule has 0 atom stereocenters. The summed E-state index contributed by atoms with van der Waals surface area (Å²) in [5.74, 6) is -0.945. The number of aromatic nitrogens is 2. The standard InChI is InChI=1S/C17H13FN4O3/c1-11-14(10-19-21(11)16-8-3-2-7-15(16)18)17(23)20-12-5-4-6-13(9-12)22(24)25/h2-10H,1H3,(H,20,23). The van der Waals surface area contributed by atoms with E-state index < -0.39 is 16.6 Å². The maximum Gasteiger partial charge on any atom is 0.271 e. The number of para-hydroxylation sites is 1. The number of nitrogens with zero attached hydrogens (tertiary/aromatic N) is 3. The maximum absolute atomic E-state index is 13.9. The second-order valence-electron chi connectivity index (χ2n) is 5.27. The van der Waals surface area contributed by atoms with Crippen LogP contribution >= 0.6 is 0 Å². The van der Waals surface area contributed by atoms with E-state index in [-0.39, 0.29) is 22.6 Å². The Morgan fingerprint density at radius 1 is 1.24 bits per heavy atom. The van der Waals surface area contributed by atoms with Gasteiger partial charge >= 0.3 is 0 Å². The highest BCUT2D eigenvalue weighted by atomic mass is 19.1. The minimum atomic E-state index is -0.545. The zero-order valence-corrected chi connectivity index (χ0v) is 13.1. The summed E-state index contributed by atoms with van der Waals surface area (Å²) in [6.07, 6.45) is 1.33. The highest BCUT2D eigenvalue weighted by Gasteiger charge is 2.17. The molecule has 0 spiro atoms. The Balaban J connectivity index is 1.88. The SMILES string of the molecule is Cc1c(C(=O)Nc2cccc([N+](=O)[O-])c2)cnn1-c1ccccc1F. The quantitative estimate of drug-likeness (QED) is 0.581. The normalized spacial score (nSPS) is 10.5. The number of non-ortho nitro benzene ring substituents is 1. The number of nitro groups is 1. The third kappa shape index (κ3) is 3.23. The highest BCUT2D eigenvalue weighted by molar-refractivity contribution is 6.05. The first-order valence-corrected chi connectivity index (χ1v) is 7.32. The lowest BCUT2D eigenvalue weighted by molar-refractivity contribution is -0.384. The van der Waals surface area contributed by atoms with Crippen LogP contribution < -0.4 is 5.32 Å². The van der Waals surface area contributed by atoms with Crippen molar-refractivity contribution in [2.24, 2.45) is 0 Å². The number of rotatable bonds is 4. The van der Waals surface area contributed by atoms with Crippen molar-refractivity contribution in [2.45, 2.75) is 6.92 Å². The lowest BCUT2D eigenvalue weighted by atomic mass is 10.2. The van der Waals surface area contributed by atoms with Gasteiger partial charge in [0.2, 0.25) is 0 Å². The Morgan fingerprint density at radius 3 is 2.72 bits per heavy atom. The molecule has 0 saturated heterocycles. The Morgan fingerprint density at radius 2 is 2.00 bits per heavy atom. The predicted octanol–water partition coefficient (Wildman–Crippen LogP) is 3.48. The van der Waals surface area contributed by atoms with Crippen molar-refractivity contribution < 1.29 is 14.1 Å². The molecule has 0 bridgehead atoms. The van der Waals surface area contributed by atoms with E-state index in [2.05, 4.69) is 10.4 Å². The van der Waals surface area contributed by atoms with Crippen LogP contribution in [0.25, 0.3) is 5.69 Å². The van der Waals surface area contributed by atoms with Crippen molar-refractivity contribution in [3.05, 3.63) is 81.9 Å². The van der Waals surface area contributed by atoms with E-state index >= 15 is 0 Å². The van der Waals surface area contributed by atoms with Crippen molar-refractivity contribution in [1.29, 1.82) is 0 Å². The van der Waals surface area contributed by atoms with Crippen LogP contribution in [0.15, 0.2) is 54.7 Å². The van der Waals surface area contributed by atoms with Crippen LogP contribution in [0.1, 0.15) is 16.1 Å². The van der Waals surface area contributed by atoms with Crippen LogP contribution in [-0.4, -0.2) is 20.6 Å². The third-order valence-electron chi connectivity index (χ3n) is 3.65. The first-order valence-electron chi connectivity index (χ1n) is 7.32. The Labute approximate surface area is 141 Å². The van der Waals surface area contributed by atoms with Gasteiger partial charge in [-0.05, 0) is 25.1 Å². The van der Waals surface area contributed by atoms with Crippen LogP contribution in [0.4, 0.5) is 15.8 Å². The molecule has 8 heteroatoms. The summed E-state index contributed by atoms with van der Waals surface area (Å²) in [5.41, 5.74) is 1.09. The van der Waals surface area contributed by atoms with Crippen LogP contribution in [0.3, 0.4) is 0 Å². The molecular weight excluding hydrogens is 327 g/mol. The fourth-order valence-corrected chi connectivity index (χ4v) is 2.39. The maximum atomic E-state index is 13.9. The molecule has 1 N–H and O–H groups in total. The van der Waals surface area contributed by atoms with E-state index in [0.717, 1.165) is 0 Å². The van der Waals surface area contributed by atoms with Gasteiger partial charge in [-0.25, -0.2) is 9.07 Å². The molecule has 0 aliphatic heterocycles. The van der Waals surface area contributed by atoms with Gasteiger partial charge < -0.3 is 5.32 Å². The van der Waals surface area contributed by atoms with Crippen molar-refractivity contribution in [3.63, 3.8) is 0 Å². The van der Waals surface area contributed by atoms with Gasteiger partial charge in [-0.3, -0.25) is 14.9 Å². The number of amides is 1. The van der Waals surface area contributed by atoms with E-state index in [1.54, 1.807) is 31.2 Å². The zero-order valence-electron chi connectivity index (χ0n) is 13.1. The fraction of sp³-hybridized carbons (Fsp3) is 0.0588. The molecule has 3 aromatic rings. The average molecular weight is 340 g/mol. The van der Waals surface area contributed by atoms with Crippen LogP contribution in [-0.2, 0) is 0 Å². The summed E-state index contributed by atoms with van der Waals surface area (Å²) in [6, 6.07) is 11.7. The molecule has 126 valence electrons. The van der Waals surface area contributed by atoms with Gasteiger partial charge in [0.05, 0.1) is 22.4 Å². The molecule has 7 nitrogen and oxygen atoms in total. The molecule has 25 heavy (non-hydrogen) atoms. The van der Waals surface area contributed by atoms with Gasteiger partial charge in [0.1, 0.15) is 11.5 Å². The van der Waals surface area contributed by atoms with Crippen LogP contribution in [0.2, 0.25) is 0 Å². The van der Waals surface area contributed by atoms with E-state index in [1.807, 2.05) is 0 Å². The lowest BCUT2D eigenvalue weighted by Crippen LogP contribution is -2.13. The average Bonchev–Trinajstić information content (AvgIpc) is 2.97. The molecule has 1 amide bonds. The highest BCUT2D eigenvalue weighted by Crippen LogP contribution is 2.20. The molecule has 0 aliphatic rings. The summed E-state index contributed by atoms with van der Waals surface area (Å²) in [5, 5.41) is 17.4. The first kappa shape index (κ1) is 16.3. The van der Waals surface area contributed by atoms with E-state index in [0.29, 0.717) is 5.69 Å². The van der Waals surface area contributed by atoms with Crippen LogP contribution in [0.5, 0.6) is 0 Å². The van der Waals surface area contributed by atoms with Gasteiger partial charge in [0, 0.05) is 17.8 Å². The Bertz CT molecular complexity index is 968. The molecular formula is C17H13FN4O3. The molecule has 0 saturated carbocycles. The number of hydrogen-bond acceptors (Lipinski definition) is 4. The monoisotopic (exact) mass is 340 g/mol. The van der Waals surface area contributed by atoms with Crippen molar-refractivity contribution in [3.8, 4) is 5.69 Å². The van der Waals surface area contributed by atoms with Crippen molar-refractivity contribution in [1.82, 2.24) is 9.78 Å². The van der Waals surface area contributed by atoms with Gasteiger partial charge in [-0.2, -0.15) is 5.10 Å². The molecule has 3 rings (SSSR count). The van der Waals surface area contributed by atoms with Crippen LogP contribution in [0, 0.1) is 22.9 Å². The predicted molar refractivity (Wildman–Crippen MR) is 89.3 cm³/mol. The molecule has 0 aliphatic carbocycles. The summed E-state index contributed by atoms with van der Waals surface area (Å²) in [6.45, 7) is 1.64. The number of anilines is 1. The Kier molecular flexibility index (Phi) is 4.25. The van der Waals surface area contributed by atoms with E-state index in [4.69, 9.17) is 0 Å². The lowest BCUT2D eigenvalue weighted by Gasteiger charge is -2.07. The molecule has 1 heterocycles. The molecule has 2 aromatic carbocycles. The van der Waals surface area contributed by atoms with E-state index in [9.17, 15) is 19.3 Å². The Hall–Kier alpha value is -3.55. The minimum absolute atomic E-state index is 0.128. The van der Waals surface area contributed by atoms with Crippen molar-refractivity contribution in [2.75, 3.05) is 5.32 Å². The number of nitro benzene ring substituents is 1. The summed E-state index contributed by atoms with van der Waals surface area (Å²) in [4.78, 5) is 22.7. The molecule has 1 aromatic heterocycles. The molecule has 0 radical (unpaired) electrons. The van der Waals surface area contributed by atoms with Gasteiger partial charge in [-0.15, -0.1) is 0 Å². The number of carbonyl (C=O) groups is 1. The number of benzene rings is 2. The number of halogens is 1. The van der Waals surface area contributed by atoms with Gasteiger partial charge in [0.15, 0.2) is 0 Å². The van der Waals surface area contributed by atoms with Crippen molar-refractivity contribution >= 4 is 17.3 Å². The third-order valence-corrected chi connectivity index (χ3v) is 3.65. The topological polar surface area (TPSA) is 90.1 Å². The molecule has 0 unspecified atom stereocenters. The number of nitrogens with one attached hydrogen (secondary N) is 1. The summed E-state index contributed by atoms with van der Waals surface area (Å²) < 4.78 is 15.2. The second-order valence-corrected chi connectivity index (χ2v) is 5.27. The number of carbonyl (C=O) groups excluding carboxylic acids is 1. The summed E-state index contributed by atoms with van der Waals surface area (Å²) >= 11 is 0. The fourth-order valence-electron chi connectivity index (χ4n) is 2.39. The van der Waals surface area contributed by atoms with Gasteiger partial charge in [0.25, 0.3) is 11.6 Å². The van der Waals surface area contributed by atoms with Gasteiger partial charge in [-0.1, -0.05) is 18.2 Å². The summed E-state index contributed by atoms with van der Waals surface area (Å²) in [7, 11) is 0. The minimum Gasteiger partial charge on any atom is -0.322 e. The van der Waals surface area contributed by atoms with E-state index in [1.165, 1.54) is 35.1 Å². The molecule has 0 fully saturated rings. The number of hydrogen-bond donors (Lipinski definition) is 1.